The van der Waals surface area contributed by atoms with Crippen LogP contribution in [0.1, 0.15) is 45.3 Å². The van der Waals surface area contributed by atoms with Crippen LogP contribution in [-0.4, -0.2) is 16.0 Å². The van der Waals surface area contributed by atoms with Crippen LogP contribution in [0.15, 0.2) is 12.3 Å². The van der Waals surface area contributed by atoms with E-state index in [2.05, 4.69) is 5.10 Å². The zero-order valence-corrected chi connectivity index (χ0v) is 10.3. The fraction of sp³-hybridized carbons (Fsp3) is 0.750. The molecular formula is C12H17F3N2. The monoisotopic (exact) mass is 246 g/mol. The molecule has 96 valence electrons. The van der Waals surface area contributed by atoms with Crippen molar-refractivity contribution in [2.75, 3.05) is 0 Å². The Bertz CT molecular complexity index is 402. The molecule has 5 heteroatoms. The van der Waals surface area contributed by atoms with Crippen LogP contribution in [0.5, 0.6) is 0 Å². The highest BCUT2D eigenvalue weighted by Gasteiger charge is 2.65. The van der Waals surface area contributed by atoms with Gasteiger partial charge in [-0.1, -0.05) is 13.8 Å². The van der Waals surface area contributed by atoms with Crippen LogP contribution in [-0.2, 0) is 5.41 Å². The molecule has 17 heavy (non-hydrogen) atoms. The molecule has 1 atom stereocenters. The summed E-state index contributed by atoms with van der Waals surface area (Å²) in [5.41, 5.74) is -1.48. The first-order chi connectivity index (χ1) is 7.78. The van der Waals surface area contributed by atoms with E-state index in [0.717, 1.165) is 0 Å². The summed E-state index contributed by atoms with van der Waals surface area (Å²) in [4.78, 5) is 0. The first-order valence-electron chi connectivity index (χ1n) is 5.90. The Morgan fingerprint density at radius 2 is 1.88 bits per heavy atom. The van der Waals surface area contributed by atoms with Gasteiger partial charge in [-0.2, -0.15) is 18.3 Å². The lowest BCUT2D eigenvalue weighted by Crippen LogP contribution is -2.29. The largest absolute Gasteiger partial charge is 0.400 e. The van der Waals surface area contributed by atoms with Gasteiger partial charge in [-0.3, -0.25) is 4.68 Å². The van der Waals surface area contributed by atoms with Crippen molar-refractivity contribution >= 4 is 0 Å². The van der Waals surface area contributed by atoms with Crippen LogP contribution in [0, 0.1) is 5.92 Å². The van der Waals surface area contributed by atoms with E-state index in [9.17, 15) is 13.2 Å². The Kier molecular flexibility index (Phi) is 2.75. The predicted octanol–water partition coefficient (Wildman–Crippen LogP) is 3.69. The summed E-state index contributed by atoms with van der Waals surface area (Å²) in [5, 5.41) is 4.13. The smallest absolute Gasteiger partial charge is 0.269 e. The van der Waals surface area contributed by atoms with E-state index < -0.39 is 11.6 Å². The Morgan fingerprint density at radius 1 is 1.29 bits per heavy atom. The van der Waals surface area contributed by atoms with Crippen molar-refractivity contribution in [3.8, 4) is 0 Å². The van der Waals surface area contributed by atoms with Gasteiger partial charge in [-0.15, -0.1) is 0 Å². The van der Waals surface area contributed by atoms with E-state index in [1.807, 2.05) is 20.8 Å². The highest BCUT2D eigenvalue weighted by Crippen LogP contribution is 2.58. The minimum atomic E-state index is -4.17. The van der Waals surface area contributed by atoms with Crippen molar-refractivity contribution in [3.05, 3.63) is 18.0 Å². The van der Waals surface area contributed by atoms with Crippen LogP contribution in [0.2, 0.25) is 0 Å². The zero-order chi connectivity index (χ0) is 12.8. The van der Waals surface area contributed by atoms with Crippen LogP contribution in [0.3, 0.4) is 0 Å². The predicted molar refractivity (Wildman–Crippen MR) is 58.7 cm³/mol. The quantitative estimate of drug-likeness (QED) is 0.795. The van der Waals surface area contributed by atoms with Crippen molar-refractivity contribution in [3.63, 3.8) is 0 Å². The summed E-state index contributed by atoms with van der Waals surface area (Å²) in [6.07, 6.45) is -2.17. The SMILES string of the molecule is CC(C)C(C)n1ccc(C2(C(F)(F)F)CC2)n1. The summed E-state index contributed by atoms with van der Waals surface area (Å²) in [7, 11) is 0. The number of rotatable bonds is 3. The fourth-order valence-corrected chi connectivity index (χ4v) is 1.94. The minimum Gasteiger partial charge on any atom is -0.269 e. The number of alkyl halides is 3. The molecule has 1 aliphatic carbocycles. The third kappa shape index (κ3) is 1.96. The number of hydrogen-bond acceptors (Lipinski definition) is 1. The third-order valence-electron chi connectivity index (χ3n) is 3.77. The van der Waals surface area contributed by atoms with Crippen LogP contribution in [0.25, 0.3) is 0 Å². The zero-order valence-electron chi connectivity index (χ0n) is 10.3. The first kappa shape index (κ1) is 12.5. The van der Waals surface area contributed by atoms with Gasteiger partial charge in [0.1, 0.15) is 5.41 Å². The maximum Gasteiger partial charge on any atom is 0.400 e. The van der Waals surface area contributed by atoms with Gasteiger partial charge in [0.25, 0.3) is 0 Å². The first-order valence-corrected chi connectivity index (χ1v) is 5.90. The molecule has 1 unspecified atom stereocenters. The molecule has 0 amide bonds. The topological polar surface area (TPSA) is 17.8 Å². The van der Waals surface area contributed by atoms with E-state index in [1.54, 1.807) is 10.9 Å². The molecule has 0 N–H and O–H groups in total. The fourth-order valence-electron chi connectivity index (χ4n) is 1.94. The van der Waals surface area contributed by atoms with Gasteiger partial charge in [0.05, 0.1) is 11.7 Å². The molecule has 1 heterocycles. The highest BCUT2D eigenvalue weighted by atomic mass is 19.4. The van der Waals surface area contributed by atoms with Crippen LogP contribution < -0.4 is 0 Å². The lowest BCUT2D eigenvalue weighted by Gasteiger charge is -2.18. The van der Waals surface area contributed by atoms with Crippen molar-refractivity contribution < 1.29 is 13.2 Å². The second-order valence-corrected chi connectivity index (χ2v) is 5.25. The van der Waals surface area contributed by atoms with Gasteiger partial charge in [-0.05, 0) is 31.7 Å². The van der Waals surface area contributed by atoms with Crippen molar-refractivity contribution in [2.45, 2.75) is 51.2 Å². The Morgan fingerprint density at radius 3 is 2.29 bits per heavy atom. The van der Waals surface area contributed by atoms with Gasteiger partial charge in [-0.25, -0.2) is 0 Å². The van der Waals surface area contributed by atoms with Crippen molar-refractivity contribution in [1.29, 1.82) is 0 Å². The molecule has 0 bridgehead atoms. The van der Waals surface area contributed by atoms with E-state index in [4.69, 9.17) is 0 Å². The molecule has 2 nitrogen and oxygen atoms in total. The Labute approximate surface area is 98.8 Å². The normalized spacial score (nSPS) is 20.6. The Hall–Kier alpha value is -1.00. The van der Waals surface area contributed by atoms with Gasteiger partial charge >= 0.3 is 6.18 Å². The second kappa shape index (κ2) is 3.75. The lowest BCUT2D eigenvalue weighted by atomic mass is 10.0. The third-order valence-corrected chi connectivity index (χ3v) is 3.77. The molecule has 1 aromatic rings. The molecule has 0 aliphatic heterocycles. The molecule has 1 aromatic heterocycles. The van der Waals surface area contributed by atoms with Gasteiger partial charge in [0.2, 0.25) is 0 Å². The molecule has 1 saturated carbocycles. The van der Waals surface area contributed by atoms with Crippen LogP contribution in [0.4, 0.5) is 13.2 Å². The number of halogens is 3. The molecular weight excluding hydrogens is 229 g/mol. The molecule has 1 fully saturated rings. The average molecular weight is 246 g/mol. The van der Waals surface area contributed by atoms with Crippen molar-refractivity contribution in [2.24, 2.45) is 5.92 Å². The summed E-state index contributed by atoms with van der Waals surface area (Å²) < 4.78 is 40.3. The van der Waals surface area contributed by atoms with E-state index >= 15 is 0 Å². The van der Waals surface area contributed by atoms with Crippen LogP contribution >= 0.6 is 0 Å². The van der Waals surface area contributed by atoms with E-state index in [1.165, 1.54) is 6.07 Å². The molecule has 2 rings (SSSR count). The molecule has 0 spiro atoms. The van der Waals surface area contributed by atoms with Gasteiger partial charge in [0.15, 0.2) is 0 Å². The maximum absolute atomic E-state index is 12.9. The maximum atomic E-state index is 12.9. The molecule has 0 saturated heterocycles. The van der Waals surface area contributed by atoms with Gasteiger partial charge < -0.3 is 0 Å². The highest BCUT2D eigenvalue weighted by molar-refractivity contribution is 5.26. The second-order valence-electron chi connectivity index (χ2n) is 5.25. The van der Waals surface area contributed by atoms with E-state index in [0.29, 0.717) is 5.92 Å². The van der Waals surface area contributed by atoms with E-state index in [-0.39, 0.29) is 24.6 Å². The minimum absolute atomic E-state index is 0.118. The lowest BCUT2D eigenvalue weighted by molar-refractivity contribution is -0.161. The van der Waals surface area contributed by atoms with Gasteiger partial charge in [0, 0.05) is 6.20 Å². The number of hydrogen-bond donors (Lipinski definition) is 0. The molecule has 0 radical (unpaired) electrons. The summed E-state index contributed by atoms with van der Waals surface area (Å²) in [6.45, 7) is 6.03. The number of nitrogens with zero attached hydrogens (tertiary/aromatic N) is 2. The Balaban J connectivity index is 2.25. The standard InChI is InChI=1S/C12H17F3N2/c1-8(2)9(3)17-7-4-10(16-17)11(5-6-11)12(13,14)15/h4,7-9H,5-6H2,1-3H3. The molecule has 1 aliphatic rings. The summed E-state index contributed by atoms with van der Waals surface area (Å²) in [5.74, 6) is 0.351. The number of aromatic nitrogens is 2. The van der Waals surface area contributed by atoms with Crippen molar-refractivity contribution in [1.82, 2.24) is 9.78 Å². The summed E-state index contributed by atoms with van der Waals surface area (Å²) >= 11 is 0. The summed E-state index contributed by atoms with van der Waals surface area (Å²) in [6, 6.07) is 1.63. The molecule has 0 aromatic carbocycles. The average Bonchev–Trinajstić information content (AvgIpc) is 2.90.